The van der Waals surface area contributed by atoms with Gasteiger partial charge in [-0.2, -0.15) is 9.40 Å². The van der Waals surface area contributed by atoms with Crippen LogP contribution in [0.2, 0.25) is 0 Å². The van der Waals surface area contributed by atoms with Crippen LogP contribution in [0.5, 0.6) is 0 Å². The minimum atomic E-state index is -4.18. The van der Waals surface area contributed by atoms with Crippen LogP contribution >= 0.6 is 0 Å². The maximum atomic E-state index is 14.2. The second kappa shape index (κ2) is 8.44. The number of carbonyl (C=O) groups excluding carboxylic acids is 1. The standard InChI is InChI=1S/C22H22F2N4O3S/c1-15(29)28(17-6-4-3-5-7-17)14-20-18-13-27(11-10-21(18)26(2)25-20)32(30,31)22-9-8-16(23)12-19(22)24/h3-9,12H,10-11,13-14H2,1-2H3. The number of rotatable bonds is 5. The molecule has 0 spiro atoms. The van der Waals surface area contributed by atoms with Crippen molar-refractivity contribution in [3.05, 3.63) is 77.1 Å². The summed E-state index contributed by atoms with van der Waals surface area (Å²) in [5.41, 5.74) is 2.82. The Balaban J connectivity index is 1.67. The van der Waals surface area contributed by atoms with E-state index in [1.54, 1.807) is 16.6 Å². The van der Waals surface area contributed by atoms with Crippen molar-refractivity contribution in [3.63, 3.8) is 0 Å². The highest BCUT2D eigenvalue weighted by Crippen LogP contribution is 2.29. The minimum absolute atomic E-state index is 0.0157. The first-order chi connectivity index (χ1) is 15.2. The molecule has 168 valence electrons. The molecule has 1 aromatic heterocycles. The van der Waals surface area contributed by atoms with Crippen molar-refractivity contribution in [1.29, 1.82) is 0 Å². The molecule has 32 heavy (non-hydrogen) atoms. The monoisotopic (exact) mass is 460 g/mol. The number of aromatic nitrogens is 2. The summed E-state index contributed by atoms with van der Waals surface area (Å²) in [7, 11) is -2.41. The number of benzene rings is 2. The van der Waals surface area contributed by atoms with E-state index < -0.39 is 26.6 Å². The zero-order valence-corrected chi connectivity index (χ0v) is 18.4. The lowest BCUT2D eigenvalue weighted by atomic mass is 10.1. The van der Waals surface area contributed by atoms with E-state index in [4.69, 9.17) is 0 Å². The first-order valence-electron chi connectivity index (χ1n) is 10.0. The van der Waals surface area contributed by atoms with E-state index in [1.165, 1.54) is 6.92 Å². The number of amides is 1. The smallest absolute Gasteiger partial charge is 0.246 e. The molecule has 0 bridgehead atoms. The van der Waals surface area contributed by atoms with E-state index in [0.29, 0.717) is 29.4 Å². The SMILES string of the molecule is CC(=O)N(Cc1nn(C)c2c1CN(S(=O)(=O)c1ccc(F)cc1F)CC2)c1ccccc1. The van der Waals surface area contributed by atoms with Gasteiger partial charge in [0.2, 0.25) is 15.9 Å². The van der Waals surface area contributed by atoms with Crippen LogP contribution in [0.25, 0.3) is 0 Å². The Morgan fingerprint density at radius 3 is 2.53 bits per heavy atom. The van der Waals surface area contributed by atoms with E-state index in [-0.39, 0.29) is 25.5 Å². The Morgan fingerprint density at radius 2 is 1.88 bits per heavy atom. The average molecular weight is 461 g/mol. The molecule has 7 nitrogen and oxygen atoms in total. The van der Waals surface area contributed by atoms with Gasteiger partial charge in [0.1, 0.15) is 16.5 Å². The fourth-order valence-corrected chi connectivity index (χ4v) is 5.40. The average Bonchev–Trinajstić information content (AvgIpc) is 3.07. The van der Waals surface area contributed by atoms with Crippen molar-refractivity contribution in [3.8, 4) is 0 Å². The molecule has 0 aliphatic carbocycles. The lowest BCUT2D eigenvalue weighted by Crippen LogP contribution is -2.37. The number of hydrogen-bond acceptors (Lipinski definition) is 4. The molecule has 1 aliphatic rings. The number of halogens is 2. The number of para-hydroxylation sites is 1. The van der Waals surface area contributed by atoms with Gasteiger partial charge in [0, 0.05) is 56.5 Å². The quantitative estimate of drug-likeness (QED) is 0.587. The summed E-state index contributed by atoms with van der Waals surface area (Å²) >= 11 is 0. The minimum Gasteiger partial charge on any atom is -0.307 e. The van der Waals surface area contributed by atoms with Crippen LogP contribution in [-0.2, 0) is 41.4 Å². The number of nitrogens with zero attached hydrogens (tertiary/aromatic N) is 4. The van der Waals surface area contributed by atoms with Crippen LogP contribution in [0, 0.1) is 11.6 Å². The fourth-order valence-electron chi connectivity index (χ4n) is 3.94. The third-order valence-electron chi connectivity index (χ3n) is 5.56. The van der Waals surface area contributed by atoms with Crippen molar-refractivity contribution >= 4 is 21.6 Å². The van der Waals surface area contributed by atoms with Crippen LogP contribution in [-0.4, -0.2) is 35.0 Å². The summed E-state index contributed by atoms with van der Waals surface area (Å²) in [6.07, 6.45) is 0.381. The van der Waals surface area contributed by atoms with E-state index in [0.717, 1.165) is 22.1 Å². The zero-order chi connectivity index (χ0) is 23.0. The highest BCUT2D eigenvalue weighted by Gasteiger charge is 2.34. The molecule has 0 saturated heterocycles. The van der Waals surface area contributed by atoms with Crippen molar-refractivity contribution in [1.82, 2.24) is 14.1 Å². The van der Waals surface area contributed by atoms with Gasteiger partial charge in [-0.25, -0.2) is 17.2 Å². The molecule has 2 heterocycles. The predicted molar refractivity (Wildman–Crippen MR) is 114 cm³/mol. The Labute approximate surface area is 184 Å². The molecule has 0 N–H and O–H groups in total. The molecule has 1 amide bonds. The van der Waals surface area contributed by atoms with Crippen LogP contribution in [0.4, 0.5) is 14.5 Å². The topological polar surface area (TPSA) is 75.5 Å². The summed E-state index contributed by atoms with van der Waals surface area (Å²) in [5.74, 6) is -2.15. The van der Waals surface area contributed by atoms with Gasteiger partial charge in [-0.05, 0) is 24.3 Å². The first kappa shape index (κ1) is 22.1. The molecule has 0 radical (unpaired) electrons. The lowest BCUT2D eigenvalue weighted by molar-refractivity contribution is -0.116. The van der Waals surface area contributed by atoms with Gasteiger partial charge in [0.05, 0.1) is 12.2 Å². The number of sulfonamides is 1. The van der Waals surface area contributed by atoms with Crippen LogP contribution < -0.4 is 4.90 Å². The van der Waals surface area contributed by atoms with E-state index >= 15 is 0 Å². The largest absolute Gasteiger partial charge is 0.307 e. The Hall–Kier alpha value is -3.11. The lowest BCUT2D eigenvalue weighted by Gasteiger charge is -2.28. The second-order valence-electron chi connectivity index (χ2n) is 7.60. The molecular formula is C22H22F2N4O3S. The highest BCUT2D eigenvalue weighted by atomic mass is 32.2. The summed E-state index contributed by atoms with van der Waals surface area (Å²) in [4.78, 5) is 13.3. The number of hydrogen-bond donors (Lipinski definition) is 0. The summed E-state index contributed by atoms with van der Waals surface area (Å²) in [6, 6.07) is 11.5. The molecular weight excluding hydrogens is 438 g/mol. The van der Waals surface area contributed by atoms with Gasteiger partial charge < -0.3 is 4.90 Å². The molecule has 10 heteroatoms. The number of aryl methyl sites for hydroxylation is 1. The third-order valence-corrected chi connectivity index (χ3v) is 7.44. The fraction of sp³-hybridized carbons (Fsp3) is 0.273. The maximum Gasteiger partial charge on any atom is 0.246 e. The number of carbonyl (C=O) groups is 1. The zero-order valence-electron chi connectivity index (χ0n) is 17.6. The van der Waals surface area contributed by atoms with Gasteiger partial charge in [0.25, 0.3) is 0 Å². The Bertz CT molecular complexity index is 1280. The van der Waals surface area contributed by atoms with Crippen LogP contribution in [0.15, 0.2) is 53.4 Å². The van der Waals surface area contributed by atoms with Gasteiger partial charge in [-0.1, -0.05) is 18.2 Å². The van der Waals surface area contributed by atoms with Crippen molar-refractivity contribution < 1.29 is 22.0 Å². The number of anilines is 1. The third kappa shape index (κ3) is 4.03. The molecule has 1 aliphatic heterocycles. The predicted octanol–water partition coefficient (Wildman–Crippen LogP) is 3.00. The maximum absolute atomic E-state index is 14.2. The molecule has 0 saturated carbocycles. The van der Waals surface area contributed by atoms with Crippen LogP contribution in [0.1, 0.15) is 23.9 Å². The second-order valence-corrected chi connectivity index (χ2v) is 9.51. The summed E-state index contributed by atoms with van der Waals surface area (Å²) < 4.78 is 56.5. The Kier molecular flexibility index (Phi) is 5.83. The first-order valence-corrected chi connectivity index (χ1v) is 11.4. The summed E-state index contributed by atoms with van der Waals surface area (Å²) in [6.45, 7) is 1.75. The van der Waals surface area contributed by atoms with E-state index in [9.17, 15) is 22.0 Å². The van der Waals surface area contributed by atoms with Crippen molar-refractivity contribution in [2.75, 3.05) is 11.4 Å². The molecule has 2 aromatic carbocycles. The van der Waals surface area contributed by atoms with Gasteiger partial charge in [-0.3, -0.25) is 9.48 Å². The molecule has 4 rings (SSSR count). The van der Waals surface area contributed by atoms with E-state index in [2.05, 4.69) is 5.10 Å². The van der Waals surface area contributed by atoms with Crippen molar-refractivity contribution in [2.24, 2.45) is 7.05 Å². The van der Waals surface area contributed by atoms with Crippen molar-refractivity contribution in [2.45, 2.75) is 31.3 Å². The molecule has 0 atom stereocenters. The Morgan fingerprint density at radius 1 is 1.16 bits per heavy atom. The van der Waals surface area contributed by atoms with Gasteiger partial charge in [-0.15, -0.1) is 0 Å². The molecule has 3 aromatic rings. The molecule has 0 unspecified atom stereocenters. The van der Waals surface area contributed by atoms with Gasteiger partial charge in [0.15, 0.2) is 0 Å². The normalized spacial score (nSPS) is 14.2. The number of fused-ring (bicyclic) bond motifs is 1. The highest BCUT2D eigenvalue weighted by molar-refractivity contribution is 7.89. The molecule has 0 fully saturated rings. The van der Waals surface area contributed by atoms with Crippen LogP contribution in [0.3, 0.4) is 0 Å². The van der Waals surface area contributed by atoms with E-state index in [1.807, 2.05) is 30.3 Å². The summed E-state index contributed by atoms with van der Waals surface area (Å²) in [5, 5.41) is 4.54. The van der Waals surface area contributed by atoms with Gasteiger partial charge >= 0.3 is 0 Å².